The van der Waals surface area contributed by atoms with Crippen molar-refractivity contribution in [2.45, 2.75) is 13.8 Å². The zero-order chi connectivity index (χ0) is 19.1. The lowest BCUT2D eigenvalue weighted by Gasteiger charge is -2.09. The smallest absolute Gasteiger partial charge is 0.255 e. The fourth-order valence-corrected chi connectivity index (χ4v) is 2.42. The van der Waals surface area contributed by atoms with Crippen LogP contribution in [0.4, 0.5) is 11.4 Å². The molecule has 0 aromatic heterocycles. The van der Waals surface area contributed by atoms with Crippen LogP contribution < -0.4 is 10.6 Å². The average Bonchev–Trinajstić information content (AvgIpc) is 2.61. The van der Waals surface area contributed by atoms with Crippen molar-refractivity contribution in [3.8, 4) is 18.2 Å². The minimum Gasteiger partial charge on any atom is -0.345 e. The van der Waals surface area contributed by atoms with Crippen LogP contribution in [-0.2, 0) is 0 Å². The highest BCUT2D eigenvalue weighted by atomic mass is 16.1. The van der Waals surface area contributed by atoms with E-state index in [0.717, 1.165) is 11.1 Å². The van der Waals surface area contributed by atoms with Gasteiger partial charge in [0, 0.05) is 16.9 Å². The van der Waals surface area contributed by atoms with E-state index in [9.17, 15) is 4.79 Å². The van der Waals surface area contributed by atoms with E-state index < -0.39 is 0 Å². The molecule has 0 radical (unpaired) electrons. The van der Waals surface area contributed by atoms with Crippen LogP contribution in [-0.4, -0.2) is 5.91 Å². The number of rotatable bonds is 4. The van der Waals surface area contributed by atoms with Gasteiger partial charge in [0.15, 0.2) is 5.57 Å². The van der Waals surface area contributed by atoms with Crippen LogP contribution in [0.3, 0.4) is 0 Å². The molecule has 1 amide bonds. The Morgan fingerprint density at radius 2 is 1.50 bits per heavy atom. The van der Waals surface area contributed by atoms with Gasteiger partial charge in [0.2, 0.25) is 0 Å². The first-order valence-electron chi connectivity index (χ1n) is 7.68. The summed E-state index contributed by atoms with van der Waals surface area (Å²) in [5, 5.41) is 32.4. The predicted octanol–water partition coefficient (Wildman–Crippen LogP) is 3.79. The number of nitrogens with zero attached hydrogens (tertiary/aromatic N) is 3. The summed E-state index contributed by atoms with van der Waals surface area (Å²) in [6, 6.07) is 17.3. The summed E-state index contributed by atoms with van der Waals surface area (Å²) >= 11 is 0. The fraction of sp³-hybridized carbons (Fsp3) is 0.100. The number of aryl methyl sites for hydroxylation is 2. The van der Waals surface area contributed by atoms with Gasteiger partial charge in [-0.3, -0.25) is 4.79 Å². The molecular formula is C20H15N5O. The largest absolute Gasteiger partial charge is 0.345 e. The zero-order valence-electron chi connectivity index (χ0n) is 14.3. The number of carbonyl (C=O) groups is 1. The third-order valence-electron chi connectivity index (χ3n) is 3.46. The van der Waals surface area contributed by atoms with E-state index in [1.165, 1.54) is 0 Å². The number of hydrogen-bond donors (Lipinski definition) is 2. The Labute approximate surface area is 151 Å². The van der Waals surface area contributed by atoms with Gasteiger partial charge in [0.25, 0.3) is 5.91 Å². The summed E-state index contributed by atoms with van der Waals surface area (Å²) in [5.41, 5.74) is 3.10. The number of nitrogens with one attached hydrogen (secondary N) is 2. The van der Waals surface area contributed by atoms with E-state index in [4.69, 9.17) is 15.8 Å². The van der Waals surface area contributed by atoms with Crippen molar-refractivity contribution in [1.29, 1.82) is 15.8 Å². The molecule has 126 valence electrons. The fourth-order valence-electron chi connectivity index (χ4n) is 2.42. The van der Waals surface area contributed by atoms with Gasteiger partial charge in [-0.2, -0.15) is 15.8 Å². The number of carbonyl (C=O) groups excluding carboxylic acids is 1. The molecule has 0 atom stereocenters. The normalized spacial score (nSPS) is 9.19. The molecule has 2 N–H and O–H groups in total. The number of allylic oxidation sites excluding steroid dienone is 2. The van der Waals surface area contributed by atoms with E-state index in [1.54, 1.807) is 42.5 Å². The van der Waals surface area contributed by atoms with Gasteiger partial charge in [0.05, 0.1) is 0 Å². The van der Waals surface area contributed by atoms with Gasteiger partial charge in [-0.25, -0.2) is 0 Å². The van der Waals surface area contributed by atoms with Gasteiger partial charge in [-0.05, 0) is 55.3 Å². The van der Waals surface area contributed by atoms with E-state index in [2.05, 4.69) is 10.6 Å². The second kappa shape index (κ2) is 8.15. The molecule has 0 aliphatic rings. The quantitative estimate of drug-likeness (QED) is 0.821. The molecule has 0 heterocycles. The third kappa shape index (κ3) is 4.47. The standard InChI is InChI=1S/C20H15N5O/c1-13-6-14(2)8-18(7-13)25-20(26)15-4-3-5-17(9-15)24-19(12-23)16(10-21)11-22/h3-9,24H,1-2H3,(H,25,26). The maximum absolute atomic E-state index is 12.5. The molecule has 26 heavy (non-hydrogen) atoms. The highest BCUT2D eigenvalue weighted by Gasteiger charge is 2.10. The lowest BCUT2D eigenvalue weighted by atomic mass is 10.1. The van der Waals surface area contributed by atoms with Crippen molar-refractivity contribution in [2.24, 2.45) is 0 Å². The summed E-state index contributed by atoms with van der Waals surface area (Å²) in [6.07, 6.45) is 0. The number of nitriles is 3. The SMILES string of the molecule is Cc1cc(C)cc(NC(=O)c2cccc(NC(C#N)=C(C#N)C#N)c2)c1. The first-order valence-corrected chi connectivity index (χ1v) is 7.68. The van der Waals surface area contributed by atoms with Crippen LogP contribution >= 0.6 is 0 Å². The van der Waals surface area contributed by atoms with Crippen molar-refractivity contribution < 1.29 is 4.79 Å². The Bertz CT molecular complexity index is 979. The van der Waals surface area contributed by atoms with Crippen LogP contribution in [0.2, 0.25) is 0 Å². The molecule has 0 aliphatic carbocycles. The molecule has 0 spiro atoms. The van der Waals surface area contributed by atoms with Crippen molar-refractivity contribution >= 4 is 17.3 Å². The highest BCUT2D eigenvalue weighted by Crippen LogP contribution is 2.18. The lowest BCUT2D eigenvalue weighted by molar-refractivity contribution is 0.102. The Morgan fingerprint density at radius 3 is 2.08 bits per heavy atom. The van der Waals surface area contributed by atoms with Gasteiger partial charge in [0.1, 0.15) is 23.9 Å². The summed E-state index contributed by atoms with van der Waals surface area (Å²) in [4.78, 5) is 12.5. The predicted molar refractivity (Wildman–Crippen MR) is 97.8 cm³/mol. The van der Waals surface area contributed by atoms with Gasteiger partial charge < -0.3 is 10.6 Å². The van der Waals surface area contributed by atoms with Gasteiger partial charge in [-0.1, -0.05) is 12.1 Å². The molecular weight excluding hydrogens is 326 g/mol. The Kier molecular flexibility index (Phi) is 5.72. The van der Waals surface area contributed by atoms with Crippen LogP contribution in [0.1, 0.15) is 21.5 Å². The molecule has 0 aliphatic heterocycles. The molecule has 6 nitrogen and oxygen atoms in total. The number of amides is 1. The summed E-state index contributed by atoms with van der Waals surface area (Å²) in [5.74, 6) is -0.304. The van der Waals surface area contributed by atoms with E-state index >= 15 is 0 Å². The first-order chi connectivity index (χ1) is 12.5. The number of benzene rings is 2. The second-order valence-electron chi connectivity index (χ2n) is 5.62. The van der Waals surface area contributed by atoms with Crippen LogP contribution in [0, 0.1) is 47.8 Å². The van der Waals surface area contributed by atoms with Crippen LogP contribution in [0.5, 0.6) is 0 Å². The van der Waals surface area contributed by atoms with E-state index in [0.29, 0.717) is 16.9 Å². The maximum atomic E-state index is 12.5. The number of anilines is 2. The first kappa shape index (κ1) is 18.3. The Morgan fingerprint density at radius 1 is 0.846 bits per heavy atom. The molecule has 2 aromatic carbocycles. The van der Waals surface area contributed by atoms with E-state index in [-0.39, 0.29) is 17.2 Å². The summed E-state index contributed by atoms with van der Waals surface area (Å²) < 4.78 is 0. The molecule has 0 unspecified atom stereocenters. The van der Waals surface area contributed by atoms with Gasteiger partial charge in [-0.15, -0.1) is 0 Å². The Hall–Kier alpha value is -4.08. The molecule has 0 fully saturated rings. The average molecular weight is 341 g/mol. The molecule has 0 saturated heterocycles. The maximum Gasteiger partial charge on any atom is 0.255 e. The molecule has 6 heteroatoms. The minimum absolute atomic E-state index is 0.165. The van der Waals surface area contributed by atoms with Gasteiger partial charge >= 0.3 is 0 Å². The van der Waals surface area contributed by atoms with Crippen LogP contribution in [0.25, 0.3) is 0 Å². The van der Waals surface area contributed by atoms with Crippen molar-refractivity contribution in [3.63, 3.8) is 0 Å². The lowest BCUT2D eigenvalue weighted by Crippen LogP contribution is -2.12. The Balaban J connectivity index is 2.25. The van der Waals surface area contributed by atoms with E-state index in [1.807, 2.05) is 32.0 Å². The molecule has 0 bridgehead atoms. The van der Waals surface area contributed by atoms with Crippen molar-refractivity contribution in [2.75, 3.05) is 10.6 Å². The van der Waals surface area contributed by atoms with Crippen molar-refractivity contribution in [1.82, 2.24) is 0 Å². The van der Waals surface area contributed by atoms with Crippen LogP contribution in [0.15, 0.2) is 53.7 Å². The van der Waals surface area contributed by atoms with Crippen molar-refractivity contribution in [3.05, 3.63) is 70.4 Å². The molecule has 0 saturated carbocycles. The minimum atomic E-state index is -0.322. The summed E-state index contributed by atoms with van der Waals surface area (Å²) in [6.45, 7) is 3.90. The monoisotopic (exact) mass is 341 g/mol. The molecule has 2 rings (SSSR count). The third-order valence-corrected chi connectivity index (χ3v) is 3.46. The number of hydrogen-bond acceptors (Lipinski definition) is 5. The molecule has 2 aromatic rings. The summed E-state index contributed by atoms with van der Waals surface area (Å²) in [7, 11) is 0. The zero-order valence-corrected chi connectivity index (χ0v) is 14.3. The highest BCUT2D eigenvalue weighted by molar-refractivity contribution is 6.04. The topological polar surface area (TPSA) is 112 Å². The second-order valence-corrected chi connectivity index (χ2v) is 5.62.